The largest absolute Gasteiger partial charge is 0.399 e. The van der Waals surface area contributed by atoms with Crippen molar-refractivity contribution in [2.45, 2.75) is 18.8 Å². The zero-order valence-corrected chi connectivity index (χ0v) is 8.98. The maximum atomic E-state index is 13.8. The lowest BCUT2D eigenvalue weighted by atomic mass is 9.91. The van der Waals surface area contributed by atoms with Crippen LogP contribution in [0.15, 0.2) is 29.3 Å². The van der Waals surface area contributed by atoms with Gasteiger partial charge in [-0.2, -0.15) is 0 Å². The van der Waals surface area contributed by atoms with Gasteiger partial charge < -0.3 is 16.2 Å². The third kappa shape index (κ3) is 1.74. The highest BCUT2D eigenvalue weighted by Crippen LogP contribution is 2.34. The molecule has 5 heteroatoms. The normalized spacial score (nSPS) is 29.9. The minimum absolute atomic E-state index is 0.0269. The molecule has 1 aromatic carbocycles. The van der Waals surface area contributed by atoms with Crippen LogP contribution in [0.4, 0.5) is 10.1 Å². The summed E-state index contributed by atoms with van der Waals surface area (Å²) in [6.45, 7) is 1.66. The molecule has 4 nitrogen and oxygen atoms in total. The Hall–Kier alpha value is -1.62. The van der Waals surface area contributed by atoms with Crippen LogP contribution in [-0.4, -0.2) is 18.8 Å². The van der Waals surface area contributed by atoms with E-state index in [9.17, 15) is 4.39 Å². The monoisotopic (exact) mass is 223 g/mol. The summed E-state index contributed by atoms with van der Waals surface area (Å²) in [5, 5.41) is 0. The first-order chi connectivity index (χ1) is 7.52. The van der Waals surface area contributed by atoms with Crippen LogP contribution < -0.4 is 11.5 Å². The van der Waals surface area contributed by atoms with Crippen molar-refractivity contribution in [3.63, 3.8) is 0 Å². The second-order valence-electron chi connectivity index (χ2n) is 4.00. The number of amidine groups is 1. The molecule has 2 atom stereocenters. The number of hydrogen-bond acceptors (Lipinski definition) is 4. The number of nitrogens with zero attached hydrogens (tertiary/aromatic N) is 1. The summed E-state index contributed by atoms with van der Waals surface area (Å²) in [7, 11) is 0. The van der Waals surface area contributed by atoms with Gasteiger partial charge in [0, 0.05) is 5.69 Å². The van der Waals surface area contributed by atoms with Crippen LogP contribution in [0, 0.1) is 0 Å². The minimum Gasteiger partial charge on any atom is -0.399 e. The number of aliphatic imine (C=N–C) groups is 1. The lowest BCUT2D eigenvalue weighted by molar-refractivity contribution is -0.0795. The zero-order chi connectivity index (χ0) is 11.8. The van der Waals surface area contributed by atoms with Gasteiger partial charge in [-0.15, -0.1) is 0 Å². The molecule has 0 radical (unpaired) electrons. The molecule has 0 saturated heterocycles. The quantitative estimate of drug-likeness (QED) is 0.702. The van der Waals surface area contributed by atoms with Crippen LogP contribution in [-0.2, 0) is 10.3 Å². The molecule has 0 aromatic heterocycles. The molecular weight excluding hydrogens is 209 g/mol. The van der Waals surface area contributed by atoms with E-state index in [0.717, 1.165) is 0 Å². The average Bonchev–Trinajstić information content (AvgIpc) is 2.24. The Kier molecular flexibility index (Phi) is 2.55. The predicted octanol–water partition coefficient (Wildman–Crippen LogP) is 1.17. The van der Waals surface area contributed by atoms with Gasteiger partial charge in [0.15, 0.2) is 0 Å². The van der Waals surface area contributed by atoms with E-state index in [0.29, 0.717) is 17.1 Å². The lowest BCUT2D eigenvalue weighted by Gasteiger charge is -2.33. The first-order valence-corrected chi connectivity index (χ1v) is 4.98. The molecule has 0 unspecified atom stereocenters. The first kappa shape index (κ1) is 10.9. The Morgan fingerprint density at radius 3 is 2.94 bits per heavy atom. The van der Waals surface area contributed by atoms with Crippen LogP contribution in [0.5, 0.6) is 0 Å². The molecule has 0 fully saturated rings. The fourth-order valence-corrected chi connectivity index (χ4v) is 1.75. The molecular formula is C11H14FN3O. The Bertz CT molecular complexity index is 435. The molecule has 16 heavy (non-hydrogen) atoms. The third-order valence-electron chi connectivity index (χ3n) is 2.67. The highest BCUT2D eigenvalue weighted by Gasteiger charge is 2.40. The second kappa shape index (κ2) is 3.75. The summed E-state index contributed by atoms with van der Waals surface area (Å²) in [6, 6.07) is 6.92. The average molecular weight is 223 g/mol. The number of hydrogen-bond donors (Lipinski definition) is 2. The molecule has 1 aromatic rings. The Balaban J connectivity index is 2.47. The molecule has 0 spiro atoms. The smallest absolute Gasteiger partial charge is 0.228 e. The van der Waals surface area contributed by atoms with Gasteiger partial charge in [0.2, 0.25) is 6.36 Å². The van der Waals surface area contributed by atoms with Crippen LogP contribution in [0.3, 0.4) is 0 Å². The van der Waals surface area contributed by atoms with Crippen molar-refractivity contribution in [3.8, 4) is 0 Å². The zero-order valence-electron chi connectivity index (χ0n) is 8.98. The number of nitrogens with two attached hydrogens (primary N) is 2. The molecule has 1 aliphatic heterocycles. The number of benzene rings is 1. The number of rotatable bonds is 1. The lowest BCUT2D eigenvalue weighted by Crippen LogP contribution is -2.43. The number of halogens is 1. The fraction of sp³-hybridized carbons (Fsp3) is 0.364. The first-order valence-electron chi connectivity index (χ1n) is 4.98. The van der Waals surface area contributed by atoms with Gasteiger partial charge in [-0.05, 0) is 24.6 Å². The van der Waals surface area contributed by atoms with E-state index in [1.165, 1.54) is 0 Å². The van der Waals surface area contributed by atoms with Gasteiger partial charge in [0.05, 0.1) is 0 Å². The Morgan fingerprint density at radius 1 is 1.50 bits per heavy atom. The maximum absolute atomic E-state index is 13.8. The molecule has 4 N–H and O–H groups in total. The summed E-state index contributed by atoms with van der Waals surface area (Å²) in [6.07, 6.45) is -1.51. The highest BCUT2D eigenvalue weighted by atomic mass is 19.1. The van der Waals surface area contributed by atoms with E-state index in [1.807, 2.05) is 0 Å². The van der Waals surface area contributed by atoms with Crippen molar-refractivity contribution in [1.82, 2.24) is 0 Å². The summed E-state index contributed by atoms with van der Waals surface area (Å²) in [4.78, 5) is 4.15. The van der Waals surface area contributed by atoms with Gasteiger partial charge in [0.25, 0.3) is 0 Å². The van der Waals surface area contributed by atoms with Crippen molar-refractivity contribution < 1.29 is 9.13 Å². The Labute approximate surface area is 93.1 Å². The van der Waals surface area contributed by atoms with E-state index in [2.05, 4.69) is 4.99 Å². The van der Waals surface area contributed by atoms with Crippen molar-refractivity contribution >= 4 is 11.5 Å². The maximum Gasteiger partial charge on any atom is 0.228 e. The van der Waals surface area contributed by atoms with Crippen molar-refractivity contribution in [2.75, 3.05) is 12.3 Å². The molecule has 1 aliphatic rings. The molecule has 0 saturated carbocycles. The number of nitrogen functional groups attached to an aromatic ring is 1. The number of anilines is 1. The predicted molar refractivity (Wildman–Crippen MR) is 60.7 cm³/mol. The minimum atomic E-state index is -1.51. The molecule has 0 aliphatic carbocycles. The summed E-state index contributed by atoms with van der Waals surface area (Å²) >= 11 is 0. The van der Waals surface area contributed by atoms with Crippen molar-refractivity contribution in [1.29, 1.82) is 0 Å². The van der Waals surface area contributed by atoms with E-state index >= 15 is 0 Å². The molecule has 0 amide bonds. The molecule has 1 heterocycles. The van der Waals surface area contributed by atoms with E-state index in [-0.39, 0.29) is 6.61 Å². The van der Waals surface area contributed by atoms with Gasteiger partial charge >= 0.3 is 0 Å². The molecule has 86 valence electrons. The van der Waals surface area contributed by atoms with Gasteiger partial charge in [-0.25, -0.2) is 4.39 Å². The number of alkyl halides is 1. The molecule has 2 rings (SSSR count). The van der Waals surface area contributed by atoms with Crippen LogP contribution in [0.2, 0.25) is 0 Å². The van der Waals surface area contributed by atoms with E-state index in [1.54, 1.807) is 31.2 Å². The van der Waals surface area contributed by atoms with Gasteiger partial charge in [-0.3, -0.25) is 4.99 Å². The Morgan fingerprint density at radius 2 is 2.25 bits per heavy atom. The highest BCUT2D eigenvalue weighted by molar-refractivity contribution is 5.82. The topological polar surface area (TPSA) is 73.6 Å². The van der Waals surface area contributed by atoms with E-state index in [4.69, 9.17) is 16.2 Å². The van der Waals surface area contributed by atoms with Crippen LogP contribution >= 0.6 is 0 Å². The summed E-state index contributed by atoms with van der Waals surface area (Å²) < 4.78 is 18.7. The van der Waals surface area contributed by atoms with E-state index < -0.39 is 11.9 Å². The SMILES string of the molecule is C[C@@]1(c2cccc(N)c2)N=C(N)CO[C@H]1F. The number of ether oxygens (including phenoxy) is 1. The third-order valence-corrected chi connectivity index (χ3v) is 2.67. The second-order valence-corrected chi connectivity index (χ2v) is 4.00. The standard InChI is InChI=1S/C11H14FN3O/c1-11(7-3-2-4-8(13)5-7)10(12)16-6-9(14)15-11/h2-5,10H,6,13H2,1H3,(H2,14,15)/t10-,11+/m1/s1. The molecule has 0 bridgehead atoms. The van der Waals surface area contributed by atoms with Gasteiger partial charge in [0.1, 0.15) is 18.0 Å². The fourth-order valence-electron chi connectivity index (χ4n) is 1.75. The summed E-state index contributed by atoms with van der Waals surface area (Å²) in [5.74, 6) is 0.291. The summed E-state index contributed by atoms with van der Waals surface area (Å²) in [5.41, 5.74) is 11.3. The van der Waals surface area contributed by atoms with Crippen molar-refractivity contribution in [2.24, 2.45) is 10.7 Å². The van der Waals surface area contributed by atoms with Crippen molar-refractivity contribution in [3.05, 3.63) is 29.8 Å². The van der Waals surface area contributed by atoms with Crippen LogP contribution in [0.25, 0.3) is 0 Å². The van der Waals surface area contributed by atoms with Crippen LogP contribution in [0.1, 0.15) is 12.5 Å². The van der Waals surface area contributed by atoms with Gasteiger partial charge in [-0.1, -0.05) is 12.1 Å².